The second kappa shape index (κ2) is 3.46. The average Bonchev–Trinajstić information content (AvgIpc) is 2.59. The predicted molar refractivity (Wildman–Crippen MR) is 56.7 cm³/mol. The van der Waals surface area contributed by atoms with Crippen molar-refractivity contribution >= 4 is 5.84 Å². The van der Waals surface area contributed by atoms with Crippen LogP contribution in [0.1, 0.15) is 8.22 Å². The van der Waals surface area contributed by atoms with Crippen LogP contribution in [0.3, 0.4) is 0 Å². The highest BCUT2D eigenvalue weighted by Crippen LogP contribution is 2.31. The van der Waals surface area contributed by atoms with Crippen LogP contribution in [0.2, 0.25) is 0 Å². The Morgan fingerprint density at radius 3 is 3.13 bits per heavy atom. The summed E-state index contributed by atoms with van der Waals surface area (Å²) in [5.41, 5.74) is 0. The number of aliphatic imine (C=N–C) groups is 1. The second-order valence-electron chi connectivity index (χ2n) is 3.08. The van der Waals surface area contributed by atoms with Crippen LogP contribution < -0.4 is 14.8 Å². The molecular weight excluding hydrogens is 192 g/mol. The van der Waals surface area contributed by atoms with E-state index in [0.717, 1.165) is 0 Å². The minimum absolute atomic E-state index is 0.0137. The molecule has 3 rings (SSSR count). The highest BCUT2D eigenvalue weighted by Gasteiger charge is 2.26. The molecule has 1 N–H and O–H groups in total. The number of rotatable bonds is 1. The van der Waals surface area contributed by atoms with E-state index in [0.29, 0.717) is 5.75 Å². The number of hydrogen-bond acceptors (Lipinski definition) is 4. The van der Waals surface area contributed by atoms with Gasteiger partial charge in [-0.05, 0) is 12.1 Å². The Labute approximate surface area is 96.3 Å². The van der Waals surface area contributed by atoms with Crippen molar-refractivity contribution in [1.82, 2.24) is 5.32 Å². The van der Waals surface area contributed by atoms with Crippen molar-refractivity contribution < 1.29 is 17.7 Å². The van der Waals surface area contributed by atoms with Crippen molar-refractivity contribution in [2.45, 2.75) is 6.10 Å². The third kappa shape index (κ3) is 1.52. The molecule has 0 bridgehead atoms. The first kappa shape index (κ1) is 4.43. The number of hydrogen-bond donors (Lipinski definition) is 1. The molecule has 0 amide bonds. The van der Waals surface area contributed by atoms with E-state index >= 15 is 0 Å². The van der Waals surface area contributed by atoms with Gasteiger partial charge in [0.25, 0.3) is 0 Å². The zero-order valence-electron chi connectivity index (χ0n) is 13.7. The van der Waals surface area contributed by atoms with E-state index in [9.17, 15) is 0 Å². The quantitative estimate of drug-likeness (QED) is 0.746. The number of benzene rings is 1. The van der Waals surface area contributed by atoms with Crippen LogP contribution in [-0.2, 0) is 0 Å². The van der Waals surface area contributed by atoms with Crippen molar-refractivity contribution in [3.63, 3.8) is 0 Å². The molecule has 2 aliphatic heterocycles. The number of amidine groups is 1. The van der Waals surface area contributed by atoms with Gasteiger partial charge in [-0.3, -0.25) is 4.99 Å². The summed E-state index contributed by atoms with van der Waals surface area (Å²) in [5.74, 6) is 0.610. The van der Waals surface area contributed by atoms with Gasteiger partial charge in [0.1, 0.15) is 12.4 Å². The molecule has 0 aliphatic carbocycles. The molecule has 0 fully saturated rings. The molecule has 4 nitrogen and oxygen atoms in total. The summed E-state index contributed by atoms with van der Waals surface area (Å²) in [7, 11) is 0. The number of nitrogens with zero attached hydrogens (tertiary/aromatic N) is 1. The summed E-state index contributed by atoms with van der Waals surface area (Å²) in [5, 5.41) is 2.37. The highest BCUT2D eigenvalue weighted by molar-refractivity contribution is 5.88. The summed E-state index contributed by atoms with van der Waals surface area (Å²) >= 11 is 0. The third-order valence-electron chi connectivity index (χ3n) is 2.12. The third-order valence-corrected chi connectivity index (χ3v) is 2.12. The second-order valence-corrected chi connectivity index (χ2v) is 3.08. The minimum Gasteiger partial charge on any atom is -0.485 e. The maximum absolute atomic E-state index is 7.57. The molecule has 0 spiro atoms. The van der Waals surface area contributed by atoms with Crippen LogP contribution in [-0.4, -0.2) is 31.5 Å². The lowest BCUT2D eigenvalue weighted by Gasteiger charge is -2.26. The Bertz CT molecular complexity index is 633. The number of fused-ring (bicyclic) bond motifs is 1. The summed E-state index contributed by atoms with van der Waals surface area (Å²) in [4.78, 5) is 3.68. The molecule has 15 heavy (non-hydrogen) atoms. The van der Waals surface area contributed by atoms with Crippen LogP contribution in [0.15, 0.2) is 29.2 Å². The minimum atomic E-state index is -2.39. The molecule has 1 atom stereocenters. The number of para-hydroxylation sites is 2. The Hall–Kier alpha value is -1.71. The van der Waals surface area contributed by atoms with E-state index in [4.69, 9.17) is 17.7 Å². The molecule has 0 saturated heterocycles. The fourth-order valence-electron chi connectivity index (χ4n) is 1.41. The Kier molecular flexibility index (Phi) is 1.02. The lowest BCUT2D eigenvalue weighted by molar-refractivity contribution is 0.133. The fourth-order valence-corrected chi connectivity index (χ4v) is 1.41. The molecule has 0 saturated carbocycles. The van der Waals surface area contributed by atoms with Gasteiger partial charge < -0.3 is 14.8 Å². The van der Waals surface area contributed by atoms with Crippen LogP contribution in [0.4, 0.5) is 0 Å². The molecule has 1 aromatic rings. The van der Waals surface area contributed by atoms with E-state index in [1.165, 1.54) is 12.1 Å². The topological polar surface area (TPSA) is 42.8 Å². The van der Waals surface area contributed by atoms with Gasteiger partial charge in [0, 0.05) is 6.50 Å². The fraction of sp³-hybridized carbons (Fsp3) is 0.364. The van der Waals surface area contributed by atoms with Crippen LogP contribution in [0, 0.1) is 0 Å². The molecule has 2 heterocycles. The van der Waals surface area contributed by atoms with Gasteiger partial charge in [-0.15, -0.1) is 0 Å². The molecule has 2 aliphatic rings. The molecule has 78 valence electrons. The van der Waals surface area contributed by atoms with E-state index < -0.39 is 19.1 Å². The highest BCUT2D eigenvalue weighted by atomic mass is 16.6. The normalized spacial score (nSPS) is 35.7. The van der Waals surface area contributed by atoms with Crippen LogP contribution in [0.25, 0.3) is 0 Å². The summed E-state index contributed by atoms with van der Waals surface area (Å²) in [6.07, 6.45) is -0.791. The van der Waals surface area contributed by atoms with Gasteiger partial charge in [-0.25, -0.2) is 0 Å². The number of nitrogens with one attached hydrogen (secondary N) is 1. The monoisotopic (exact) mass is 210 g/mol. The standard InChI is InChI=1S/C11H12N2O2/c1-2-4-9-8(3-1)14-7-10(15-9)11-12-5-6-13-11/h1-4,10H,5-7H2,(H,12,13)/t10-/m1/s1/i1D,2D,5D2,6D2. The van der Waals surface area contributed by atoms with E-state index in [2.05, 4.69) is 10.3 Å². The van der Waals surface area contributed by atoms with Crippen LogP contribution in [0.5, 0.6) is 11.5 Å². The van der Waals surface area contributed by atoms with E-state index in [-0.39, 0.29) is 30.3 Å². The van der Waals surface area contributed by atoms with Gasteiger partial charge in [-0.2, -0.15) is 0 Å². The maximum Gasteiger partial charge on any atom is 0.189 e. The molecule has 0 aromatic heterocycles. The summed E-state index contributed by atoms with van der Waals surface area (Å²) in [6.45, 7) is -4.70. The Morgan fingerprint density at radius 2 is 2.33 bits per heavy atom. The first-order valence-electron chi connectivity index (χ1n) is 7.48. The van der Waals surface area contributed by atoms with Crippen molar-refractivity contribution in [2.75, 3.05) is 19.6 Å². The smallest absolute Gasteiger partial charge is 0.189 e. The molecule has 4 heteroatoms. The van der Waals surface area contributed by atoms with E-state index in [1.807, 2.05) is 0 Å². The molecular formula is C11H12N2O2. The first-order chi connectivity index (χ1) is 9.69. The van der Waals surface area contributed by atoms with Crippen molar-refractivity contribution in [3.05, 3.63) is 24.2 Å². The van der Waals surface area contributed by atoms with Gasteiger partial charge in [0.2, 0.25) is 0 Å². The average molecular weight is 210 g/mol. The lowest BCUT2D eigenvalue weighted by Crippen LogP contribution is -2.42. The van der Waals surface area contributed by atoms with Gasteiger partial charge in [0.15, 0.2) is 17.6 Å². The maximum atomic E-state index is 7.57. The number of ether oxygens (including phenoxy) is 2. The molecule has 0 unspecified atom stereocenters. The van der Waals surface area contributed by atoms with Gasteiger partial charge >= 0.3 is 0 Å². The zero-order valence-corrected chi connectivity index (χ0v) is 7.70. The van der Waals surface area contributed by atoms with Gasteiger partial charge in [0.05, 0.1) is 14.7 Å². The van der Waals surface area contributed by atoms with E-state index in [1.54, 1.807) is 0 Å². The van der Waals surface area contributed by atoms with Gasteiger partial charge in [-0.1, -0.05) is 12.1 Å². The largest absolute Gasteiger partial charge is 0.485 e. The Balaban J connectivity index is 1.86. The lowest BCUT2D eigenvalue weighted by atomic mass is 10.2. The predicted octanol–water partition coefficient (Wildman–Crippen LogP) is 0.828. The van der Waals surface area contributed by atoms with Crippen molar-refractivity contribution in [1.29, 1.82) is 0 Å². The van der Waals surface area contributed by atoms with Crippen molar-refractivity contribution in [3.8, 4) is 11.5 Å². The van der Waals surface area contributed by atoms with Crippen molar-refractivity contribution in [2.24, 2.45) is 4.99 Å². The Morgan fingerprint density at radius 1 is 1.47 bits per heavy atom. The molecule has 1 aromatic carbocycles. The first-order valence-corrected chi connectivity index (χ1v) is 4.48. The summed E-state index contributed by atoms with van der Waals surface area (Å²) < 4.78 is 56.3. The molecule has 0 radical (unpaired) electrons. The zero-order chi connectivity index (χ0) is 15.4. The van der Waals surface area contributed by atoms with Crippen LogP contribution >= 0.6 is 0 Å². The summed E-state index contributed by atoms with van der Waals surface area (Å²) in [6, 6.07) is 2.70. The SMILES string of the molecule is [2H]c1cc2c(cc1[2H])O[C@@H](C1=NC([2H])([2H])C([2H])([2H])N1)CO2.